The van der Waals surface area contributed by atoms with Crippen LogP contribution >= 0.6 is 23.1 Å². The highest BCUT2D eigenvalue weighted by atomic mass is 32.2. The van der Waals surface area contributed by atoms with E-state index >= 15 is 0 Å². The first-order valence-corrected chi connectivity index (χ1v) is 7.66. The second-order valence-corrected chi connectivity index (χ2v) is 5.94. The minimum Gasteiger partial charge on any atom is -0.301 e. The van der Waals surface area contributed by atoms with Gasteiger partial charge in [-0.05, 0) is 6.42 Å². The van der Waals surface area contributed by atoms with Crippen LogP contribution in [0.5, 0.6) is 0 Å². The van der Waals surface area contributed by atoms with E-state index in [4.69, 9.17) is 5.84 Å². The van der Waals surface area contributed by atoms with Crippen molar-refractivity contribution in [2.45, 2.75) is 30.7 Å². The molecule has 0 atom stereocenters. The summed E-state index contributed by atoms with van der Waals surface area (Å²) in [4.78, 5) is 23.8. The highest BCUT2D eigenvalue weighted by molar-refractivity contribution is 7.98. The SMILES string of the molecule is CCCc1cc(=O)[nH]c(SCc2cnc(NN)s2)n1. The Hall–Kier alpha value is -1.38. The van der Waals surface area contributed by atoms with E-state index in [9.17, 15) is 4.79 Å². The Bertz CT molecular complexity index is 595. The molecule has 8 heteroatoms. The number of anilines is 1. The monoisotopic (exact) mass is 297 g/mol. The van der Waals surface area contributed by atoms with Crippen LogP contribution in [0.3, 0.4) is 0 Å². The summed E-state index contributed by atoms with van der Waals surface area (Å²) in [6, 6.07) is 1.55. The van der Waals surface area contributed by atoms with Crippen molar-refractivity contribution in [3.05, 3.63) is 33.2 Å². The second kappa shape index (κ2) is 6.69. The first-order valence-electron chi connectivity index (χ1n) is 5.85. The lowest BCUT2D eigenvalue weighted by atomic mass is 10.2. The number of nitrogens with two attached hydrogens (primary N) is 1. The molecule has 0 aliphatic rings. The number of H-pyrrole nitrogens is 1. The van der Waals surface area contributed by atoms with Crippen LogP contribution in [-0.2, 0) is 12.2 Å². The van der Waals surface area contributed by atoms with Crippen molar-refractivity contribution in [1.29, 1.82) is 0 Å². The van der Waals surface area contributed by atoms with E-state index < -0.39 is 0 Å². The van der Waals surface area contributed by atoms with Gasteiger partial charge >= 0.3 is 0 Å². The Morgan fingerprint density at radius 1 is 1.58 bits per heavy atom. The average Bonchev–Trinajstić information content (AvgIpc) is 2.84. The second-order valence-electron chi connectivity index (χ2n) is 3.86. The Morgan fingerprint density at radius 3 is 3.11 bits per heavy atom. The van der Waals surface area contributed by atoms with Crippen molar-refractivity contribution in [3.63, 3.8) is 0 Å². The largest absolute Gasteiger partial charge is 0.301 e. The predicted molar refractivity (Wildman–Crippen MR) is 78.3 cm³/mol. The molecule has 2 rings (SSSR count). The van der Waals surface area contributed by atoms with Crippen molar-refractivity contribution >= 4 is 28.2 Å². The Labute approximate surface area is 118 Å². The molecular formula is C11H15N5OS2. The standard InChI is InChI=1S/C11H15N5OS2/c1-2-3-7-4-9(17)15-11(14-7)18-6-8-5-13-10(16-12)19-8/h4-5H,2-3,6,12H2,1H3,(H,13,16)(H,14,15,17). The van der Waals surface area contributed by atoms with E-state index in [1.165, 1.54) is 23.1 Å². The molecule has 0 aliphatic heterocycles. The van der Waals surface area contributed by atoms with Gasteiger partial charge in [-0.3, -0.25) is 10.2 Å². The number of hydrogen-bond donors (Lipinski definition) is 3. The molecule has 0 unspecified atom stereocenters. The number of nitrogen functional groups attached to an aromatic ring is 1. The van der Waals surface area contributed by atoms with Crippen molar-refractivity contribution in [2.24, 2.45) is 5.84 Å². The first kappa shape index (κ1) is 14.0. The zero-order valence-electron chi connectivity index (χ0n) is 10.5. The number of nitrogens with one attached hydrogen (secondary N) is 2. The number of rotatable bonds is 6. The van der Waals surface area contributed by atoms with Crippen molar-refractivity contribution in [1.82, 2.24) is 15.0 Å². The maximum absolute atomic E-state index is 11.5. The number of thioether (sulfide) groups is 1. The number of aryl methyl sites for hydroxylation is 1. The molecule has 0 bridgehead atoms. The smallest absolute Gasteiger partial charge is 0.251 e. The zero-order valence-corrected chi connectivity index (χ0v) is 12.1. The fraction of sp³-hybridized carbons (Fsp3) is 0.364. The van der Waals surface area contributed by atoms with Gasteiger partial charge in [-0.25, -0.2) is 15.8 Å². The molecular weight excluding hydrogens is 282 g/mol. The summed E-state index contributed by atoms with van der Waals surface area (Å²) >= 11 is 2.97. The predicted octanol–water partition coefficient (Wildman–Crippen LogP) is 1.76. The van der Waals surface area contributed by atoms with E-state index in [0.29, 0.717) is 16.0 Å². The quantitative estimate of drug-likeness (QED) is 0.325. The molecule has 6 nitrogen and oxygen atoms in total. The van der Waals surface area contributed by atoms with Crippen LogP contribution in [0.15, 0.2) is 22.2 Å². The van der Waals surface area contributed by atoms with Crippen LogP contribution in [0, 0.1) is 0 Å². The van der Waals surface area contributed by atoms with Crippen molar-refractivity contribution < 1.29 is 0 Å². The molecule has 4 N–H and O–H groups in total. The van der Waals surface area contributed by atoms with E-state index in [1.807, 2.05) is 0 Å². The van der Waals surface area contributed by atoms with Crippen molar-refractivity contribution in [2.75, 3.05) is 5.43 Å². The van der Waals surface area contributed by atoms with Crippen LogP contribution in [0.2, 0.25) is 0 Å². The molecule has 2 heterocycles. The molecule has 0 aromatic carbocycles. The van der Waals surface area contributed by atoms with Crippen LogP contribution in [0.1, 0.15) is 23.9 Å². The lowest BCUT2D eigenvalue weighted by molar-refractivity contribution is 0.816. The van der Waals surface area contributed by atoms with Gasteiger partial charge < -0.3 is 4.98 Å². The third-order valence-corrected chi connectivity index (χ3v) is 4.34. The van der Waals surface area contributed by atoms with E-state index in [-0.39, 0.29) is 5.56 Å². The number of hydrogen-bond acceptors (Lipinski definition) is 7. The van der Waals surface area contributed by atoms with E-state index in [1.54, 1.807) is 12.3 Å². The van der Waals surface area contributed by atoms with Crippen LogP contribution in [0.25, 0.3) is 0 Å². The minimum absolute atomic E-state index is 0.102. The normalized spacial score (nSPS) is 10.6. The maximum atomic E-state index is 11.5. The molecule has 0 amide bonds. The molecule has 2 aromatic rings. The van der Waals surface area contributed by atoms with Gasteiger partial charge in [0.15, 0.2) is 10.3 Å². The highest BCUT2D eigenvalue weighted by Gasteiger charge is 2.05. The summed E-state index contributed by atoms with van der Waals surface area (Å²) in [7, 11) is 0. The molecule has 0 fully saturated rings. The van der Waals surface area contributed by atoms with Gasteiger partial charge in [-0.15, -0.1) is 11.3 Å². The number of nitrogens with zero attached hydrogens (tertiary/aromatic N) is 2. The summed E-state index contributed by atoms with van der Waals surface area (Å²) in [5.74, 6) is 5.98. The molecule has 0 saturated heterocycles. The third kappa shape index (κ3) is 4.05. The summed E-state index contributed by atoms with van der Waals surface area (Å²) in [5.41, 5.74) is 3.24. The van der Waals surface area contributed by atoms with Gasteiger partial charge in [0.2, 0.25) is 0 Å². The number of hydrazine groups is 1. The topological polar surface area (TPSA) is 96.7 Å². The number of aromatic nitrogens is 3. The first-order chi connectivity index (χ1) is 9.21. The molecule has 0 aliphatic carbocycles. The fourth-order valence-corrected chi connectivity index (χ4v) is 3.16. The Morgan fingerprint density at radius 2 is 2.42 bits per heavy atom. The summed E-state index contributed by atoms with van der Waals surface area (Å²) < 4.78 is 0. The molecule has 0 radical (unpaired) electrons. The van der Waals surface area contributed by atoms with E-state index in [2.05, 4.69) is 27.3 Å². The molecule has 0 saturated carbocycles. The lowest BCUT2D eigenvalue weighted by Gasteiger charge is -2.02. The van der Waals surface area contributed by atoms with Crippen LogP contribution in [0.4, 0.5) is 5.13 Å². The molecule has 19 heavy (non-hydrogen) atoms. The van der Waals surface area contributed by atoms with Gasteiger partial charge in [0, 0.05) is 28.6 Å². The molecule has 0 spiro atoms. The van der Waals surface area contributed by atoms with Gasteiger partial charge in [-0.2, -0.15) is 0 Å². The van der Waals surface area contributed by atoms with Gasteiger partial charge in [0.1, 0.15) is 0 Å². The summed E-state index contributed by atoms with van der Waals surface area (Å²) in [5, 5.41) is 1.32. The molecule has 2 aromatic heterocycles. The van der Waals surface area contributed by atoms with Crippen LogP contribution < -0.4 is 16.8 Å². The number of thiazole rings is 1. The molecule has 102 valence electrons. The van der Waals surface area contributed by atoms with E-state index in [0.717, 1.165) is 23.4 Å². The van der Waals surface area contributed by atoms with Gasteiger partial charge in [-0.1, -0.05) is 25.1 Å². The average molecular weight is 297 g/mol. The Kier molecular flexibility index (Phi) is 4.94. The number of aromatic amines is 1. The van der Waals surface area contributed by atoms with Gasteiger partial charge in [0.05, 0.1) is 0 Å². The minimum atomic E-state index is -0.102. The maximum Gasteiger partial charge on any atom is 0.251 e. The lowest BCUT2D eigenvalue weighted by Crippen LogP contribution is -2.09. The summed E-state index contributed by atoms with van der Waals surface area (Å²) in [6.45, 7) is 2.06. The van der Waals surface area contributed by atoms with Crippen molar-refractivity contribution in [3.8, 4) is 0 Å². The van der Waals surface area contributed by atoms with Gasteiger partial charge in [0.25, 0.3) is 5.56 Å². The fourth-order valence-electron chi connectivity index (χ4n) is 1.52. The third-order valence-electron chi connectivity index (χ3n) is 2.31. The zero-order chi connectivity index (χ0) is 13.7. The summed E-state index contributed by atoms with van der Waals surface area (Å²) in [6.07, 6.45) is 3.56. The highest BCUT2D eigenvalue weighted by Crippen LogP contribution is 2.24. The Balaban J connectivity index is 2.04. The van der Waals surface area contributed by atoms with Crippen LogP contribution in [-0.4, -0.2) is 15.0 Å².